The second-order valence-electron chi connectivity index (χ2n) is 7.95. The van der Waals surface area contributed by atoms with Crippen LogP contribution >= 0.6 is 0 Å². The van der Waals surface area contributed by atoms with E-state index in [4.69, 9.17) is 9.15 Å². The van der Waals surface area contributed by atoms with Gasteiger partial charge in [-0.2, -0.15) is 0 Å². The Hall–Kier alpha value is -4.06. The molecule has 4 rings (SSSR count). The van der Waals surface area contributed by atoms with Gasteiger partial charge in [0.05, 0.1) is 6.10 Å². The lowest BCUT2D eigenvalue weighted by molar-refractivity contribution is 0.0996. The molecule has 2 N–H and O–H groups in total. The molecule has 0 saturated heterocycles. The van der Waals surface area contributed by atoms with E-state index in [1.165, 1.54) is 0 Å². The number of benzene rings is 3. The van der Waals surface area contributed by atoms with Crippen LogP contribution in [-0.2, 0) is 0 Å². The first-order chi connectivity index (χ1) is 15.9. The molecule has 3 aromatic carbocycles. The summed E-state index contributed by atoms with van der Waals surface area (Å²) in [4.78, 5) is 25.3. The number of carbonyl (C=O) groups excluding carboxylic acids is 2. The van der Waals surface area contributed by atoms with Crippen molar-refractivity contribution in [3.8, 4) is 5.75 Å². The average Bonchev–Trinajstić information content (AvgIpc) is 3.25. The maximum absolute atomic E-state index is 12.7. The van der Waals surface area contributed by atoms with Gasteiger partial charge in [-0.3, -0.25) is 9.59 Å². The highest BCUT2D eigenvalue weighted by molar-refractivity contribution is 6.06. The molecule has 0 spiro atoms. The monoisotopic (exact) mass is 442 g/mol. The summed E-state index contributed by atoms with van der Waals surface area (Å²) in [6, 6.07) is 21.6. The van der Waals surface area contributed by atoms with Gasteiger partial charge in [0.15, 0.2) is 5.76 Å². The van der Waals surface area contributed by atoms with Gasteiger partial charge in [0, 0.05) is 22.3 Å². The SMILES string of the molecule is CCC(C)Oc1cccc(C(=O)Nc2ccc(NC(=O)c3cc4ccccc4o3)c(C)c2)c1. The van der Waals surface area contributed by atoms with E-state index in [0.717, 1.165) is 17.4 Å². The highest BCUT2D eigenvalue weighted by Gasteiger charge is 2.14. The number of ether oxygens (including phenoxy) is 1. The van der Waals surface area contributed by atoms with Gasteiger partial charge in [-0.15, -0.1) is 0 Å². The lowest BCUT2D eigenvalue weighted by Gasteiger charge is -2.14. The third kappa shape index (κ3) is 5.23. The summed E-state index contributed by atoms with van der Waals surface area (Å²) >= 11 is 0. The molecule has 0 saturated carbocycles. The highest BCUT2D eigenvalue weighted by Crippen LogP contribution is 2.24. The molecular weight excluding hydrogens is 416 g/mol. The first-order valence-corrected chi connectivity index (χ1v) is 10.9. The largest absolute Gasteiger partial charge is 0.491 e. The molecule has 1 heterocycles. The maximum Gasteiger partial charge on any atom is 0.291 e. The number of furan rings is 1. The molecule has 1 aromatic heterocycles. The first kappa shape index (κ1) is 22.1. The second-order valence-corrected chi connectivity index (χ2v) is 7.95. The summed E-state index contributed by atoms with van der Waals surface area (Å²) in [7, 11) is 0. The normalized spacial score (nSPS) is 11.7. The van der Waals surface area contributed by atoms with Gasteiger partial charge in [-0.05, 0) is 74.4 Å². The number of fused-ring (bicyclic) bond motifs is 1. The Labute approximate surface area is 192 Å². The second kappa shape index (κ2) is 9.61. The van der Waals surface area contributed by atoms with Gasteiger partial charge in [0.25, 0.3) is 11.8 Å². The molecule has 1 unspecified atom stereocenters. The summed E-state index contributed by atoms with van der Waals surface area (Å²) in [6.45, 7) is 5.90. The predicted molar refractivity (Wildman–Crippen MR) is 130 cm³/mol. The number of carbonyl (C=O) groups is 2. The number of rotatable bonds is 7. The van der Waals surface area contributed by atoms with Crippen molar-refractivity contribution in [2.24, 2.45) is 0 Å². The first-order valence-electron chi connectivity index (χ1n) is 10.9. The molecule has 33 heavy (non-hydrogen) atoms. The fourth-order valence-corrected chi connectivity index (χ4v) is 3.39. The van der Waals surface area contributed by atoms with Crippen LogP contribution in [0.4, 0.5) is 11.4 Å². The molecule has 2 amide bonds. The zero-order chi connectivity index (χ0) is 23.4. The number of anilines is 2. The van der Waals surface area contributed by atoms with E-state index in [-0.39, 0.29) is 23.7 Å². The Morgan fingerprint density at radius 3 is 2.52 bits per heavy atom. The summed E-state index contributed by atoms with van der Waals surface area (Å²) in [5, 5.41) is 6.64. The van der Waals surface area contributed by atoms with Gasteiger partial charge in [0.1, 0.15) is 11.3 Å². The fraction of sp³-hybridized carbons (Fsp3) is 0.185. The average molecular weight is 443 g/mol. The molecule has 6 heteroatoms. The van der Waals surface area contributed by atoms with Crippen molar-refractivity contribution in [2.75, 3.05) is 10.6 Å². The van der Waals surface area contributed by atoms with Crippen molar-refractivity contribution >= 4 is 34.2 Å². The highest BCUT2D eigenvalue weighted by atomic mass is 16.5. The Morgan fingerprint density at radius 1 is 0.939 bits per heavy atom. The van der Waals surface area contributed by atoms with Crippen molar-refractivity contribution < 1.29 is 18.7 Å². The number of amides is 2. The Balaban J connectivity index is 1.43. The van der Waals surface area contributed by atoms with Gasteiger partial charge in [-0.25, -0.2) is 0 Å². The van der Waals surface area contributed by atoms with Crippen molar-refractivity contribution in [3.05, 3.63) is 89.7 Å². The molecule has 0 bridgehead atoms. The molecule has 0 aliphatic carbocycles. The van der Waals surface area contributed by atoms with Gasteiger partial charge < -0.3 is 19.8 Å². The number of aryl methyl sites for hydroxylation is 1. The lowest BCUT2D eigenvalue weighted by Crippen LogP contribution is -2.14. The third-order valence-corrected chi connectivity index (χ3v) is 5.39. The van der Waals surface area contributed by atoms with Gasteiger partial charge in [0.2, 0.25) is 0 Å². The number of para-hydroxylation sites is 1. The third-order valence-electron chi connectivity index (χ3n) is 5.39. The van der Waals surface area contributed by atoms with Crippen LogP contribution in [0, 0.1) is 6.92 Å². The minimum absolute atomic E-state index is 0.0771. The smallest absolute Gasteiger partial charge is 0.291 e. The van der Waals surface area contributed by atoms with E-state index < -0.39 is 0 Å². The van der Waals surface area contributed by atoms with Gasteiger partial charge in [-0.1, -0.05) is 31.2 Å². The standard InChI is InChI=1S/C27H26N2O4/c1-4-18(3)32-22-10-7-9-20(15-22)26(30)28-21-12-13-23(17(2)14-21)29-27(31)25-16-19-8-5-6-11-24(19)33-25/h5-16,18H,4H2,1-3H3,(H,28,30)(H,29,31). The van der Waals surface area contributed by atoms with E-state index in [0.29, 0.717) is 28.3 Å². The molecular formula is C27H26N2O4. The molecule has 0 aliphatic heterocycles. The van der Waals surface area contributed by atoms with Crippen LogP contribution in [-0.4, -0.2) is 17.9 Å². The van der Waals surface area contributed by atoms with Crippen molar-refractivity contribution in [2.45, 2.75) is 33.3 Å². The number of hydrogen-bond donors (Lipinski definition) is 2. The minimum atomic E-state index is -0.329. The van der Waals surface area contributed by atoms with Crippen LogP contribution in [0.25, 0.3) is 11.0 Å². The number of hydrogen-bond acceptors (Lipinski definition) is 4. The van der Waals surface area contributed by atoms with Crippen LogP contribution in [0.1, 0.15) is 46.7 Å². The Morgan fingerprint density at radius 2 is 1.76 bits per heavy atom. The van der Waals surface area contributed by atoms with Crippen molar-refractivity contribution in [3.63, 3.8) is 0 Å². The molecule has 0 aliphatic rings. The predicted octanol–water partition coefficient (Wildman–Crippen LogP) is 6.42. The van der Waals surface area contributed by atoms with Crippen LogP contribution in [0.3, 0.4) is 0 Å². The van der Waals surface area contributed by atoms with Crippen LogP contribution in [0.15, 0.2) is 77.2 Å². The maximum atomic E-state index is 12.7. The lowest BCUT2D eigenvalue weighted by atomic mass is 10.1. The Bertz CT molecular complexity index is 1280. The minimum Gasteiger partial charge on any atom is -0.491 e. The zero-order valence-electron chi connectivity index (χ0n) is 18.8. The van der Waals surface area contributed by atoms with Gasteiger partial charge >= 0.3 is 0 Å². The molecule has 0 fully saturated rings. The Kier molecular flexibility index (Phi) is 6.45. The summed E-state index contributed by atoms with van der Waals surface area (Å²) in [6.07, 6.45) is 0.961. The van der Waals surface area contributed by atoms with Crippen molar-refractivity contribution in [1.29, 1.82) is 0 Å². The number of nitrogens with one attached hydrogen (secondary N) is 2. The summed E-state index contributed by atoms with van der Waals surface area (Å²) in [5.74, 6) is 0.344. The fourth-order valence-electron chi connectivity index (χ4n) is 3.39. The summed E-state index contributed by atoms with van der Waals surface area (Å²) < 4.78 is 11.4. The van der Waals surface area contributed by atoms with E-state index in [2.05, 4.69) is 10.6 Å². The van der Waals surface area contributed by atoms with E-state index in [1.54, 1.807) is 36.4 Å². The van der Waals surface area contributed by atoms with E-state index in [1.807, 2.05) is 57.2 Å². The van der Waals surface area contributed by atoms with E-state index >= 15 is 0 Å². The molecule has 0 radical (unpaired) electrons. The topological polar surface area (TPSA) is 80.6 Å². The molecule has 6 nitrogen and oxygen atoms in total. The molecule has 168 valence electrons. The quantitative estimate of drug-likeness (QED) is 0.346. The van der Waals surface area contributed by atoms with Crippen LogP contribution < -0.4 is 15.4 Å². The molecule has 4 aromatic rings. The zero-order valence-corrected chi connectivity index (χ0v) is 18.8. The molecule has 1 atom stereocenters. The summed E-state index contributed by atoms with van der Waals surface area (Å²) in [5.41, 5.74) is 3.26. The van der Waals surface area contributed by atoms with Crippen LogP contribution in [0.5, 0.6) is 5.75 Å². The van der Waals surface area contributed by atoms with Crippen LogP contribution in [0.2, 0.25) is 0 Å². The van der Waals surface area contributed by atoms with E-state index in [9.17, 15) is 9.59 Å². The van der Waals surface area contributed by atoms with Crippen molar-refractivity contribution in [1.82, 2.24) is 0 Å².